The molecule has 4 N–H and O–H groups in total. The molecule has 10 heteroatoms. The van der Waals surface area contributed by atoms with Crippen LogP contribution in [0.5, 0.6) is 5.88 Å². The number of likely N-dealkylation sites (tertiary alicyclic amines) is 1. The van der Waals surface area contributed by atoms with E-state index in [9.17, 15) is 19.5 Å². The zero-order chi connectivity index (χ0) is 16.3. The van der Waals surface area contributed by atoms with Crippen LogP contribution in [-0.2, 0) is 16.1 Å². The smallest absolute Gasteiger partial charge is 0.434 e. The lowest BCUT2D eigenvalue weighted by atomic mass is 9.97. The van der Waals surface area contributed by atoms with E-state index in [1.807, 2.05) is 0 Å². The van der Waals surface area contributed by atoms with Crippen LogP contribution in [0.3, 0.4) is 0 Å². The Morgan fingerprint density at radius 2 is 2.05 bits per heavy atom. The lowest BCUT2D eigenvalue weighted by molar-refractivity contribution is -0.146. The number of carbonyl (C=O) groups is 2. The molecule has 1 aliphatic rings. The van der Waals surface area contributed by atoms with E-state index in [1.54, 1.807) is 0 Å². The molecule has 22 heavy (non-hydrogen) atoms. The Morgan fingerprint density at radius 1 is 1.41 bits per heavy atom. The molecule has 2 heterocycles. The van der Waals surface area contributed by atoms with Gasteiger partial charge in [-0.25, -0.2) is 9.59 Å². The van der Waals surface area contributed by atoms with Gasteiger partial charge in [-0.15, -0.1) is 0 Å². The summed E-state index contributed by atoms with van der Waals surface area (Å²) in [5.74, 6) is -1.09. The summed E-state index contributed by atoms with van der Waals surface area (Å²) < 4.78 is 5.11. The molecular formula is C12H18N4O6. The highest BCUT2D eigenvalue weighted by atomic mass is 16.7. The quantitative estimate of drug-likeness (QED) is 0.594. The highest BCUT2D eigenvalue weighted by Gasteiger charge is 2.29. The van der Waals surface area contributed by atoms with E-state index >= 15 is 0 Å². The number of H-pyrrole nitrogens is 1. The number of aromatic amines is 1. The SMILES string of the molecule is COC(=O)C1CCN(C(=O)On2c(O)c(CN)[nH]c2=O)CC1. The Balaban J connectivity index is 1.98. The number of piperidine rings is 1. The van der Waals surface area contributed by atoms with E-state index in [4.69, 9.17) is 10.6 Å². The fourth-order valence-electron chi connectivity index (χ4n) is 2.28. The Bertz CT molecular complexity index is 614. The lowest BCUT2D eigenvalue weighted by Crippen LogP contribution is -2.45. The maximum atomic E-state index is 12.0. The van der Waals surface area contributed by atoms with Gasteiger partial charge < -0.3 is 30.3 Å². The average Bonchev–Trinajstić information content (AvgIpc) is 2.81. The largest absolute Gasteiger partial charge is 0.491 e. The van der Waals surface area contributed by atoms with E-state index in [2.05, 4.69) is 9.72 Å². The predicted octanol–water partition coefficient (Wildman–Crippen LogP) is -1.23. The first-order valence-corrected chi connectivity index (χ1v) is 6.76. The fourth-order valence-corrected chi connectivity index (χ4v) is 2.28. The monoisotopic (exact) mass is 314 g/mol. The molecule has 0 unspecified atom stereocenters. The average molecular weight is 314 g/mol. The molecule has 10 nitrogen and oxygen atoms in total. The molecule has 0 bridgehead atoms. The predicted molar refractivity (Wildman–Crippen MR) is 72.9 cm³/mol. The molecule has 1 saturated heterocycles. The van der Waals surface area contributed by atoms with Gasteiger partial charge in [0.05, 0.1) is 18.7 Å². The van der Waals surface area contributed by atoms with Crippen LogP contribution < -0.4 is 16.3 Å². The van der Waals surface area contributed by atoms with Gasteiger partial charge in [0.1, 0.15) is 0 Å². The van der Waals surface area contributed by atoms with Crippen molar-refractivity contribution in [1.29, 1.82) is 0 Å². The van der Waals surface area contributed by atoms with E-state index in [0.717, 1.165) is 0 Å². The van der Waals surface area contributed by atoms with E-state index in [0.29, 0.717) is 30.7 Å². The number of nitrogens with two attached hydrogens (primary N) is 1. The molecule has 0 aliphatic carbocycles. The number of nitrogens with zero attached hydrogens (tertiary/aromatic N) is 2. The molecule has 0 atom stereocenters. The molecule has 1 fully saturated rings. The first-order valence-electron chi connectivity index (χ1n) is 6.76. The molecule has 0 spiro atoms. The lowest BCUT2D eigenvalue weighted by Gasteiger charge is -2.29. The first-order chi connectivity index (χ1) is 10.5. The number of hydrogen-bond donors (Lipinski definition) is 3. The van der Waals surface area contributed by atoms with Gasteiger partial charge in [-0.1, -0.05) is 4.73 Å². The third-order valence-electron chi connectivity index (χ3n) is 3.57. The van der Waals surface area contributed by atoms with Gasteiger partial charge in [0.2, 0.25) is 0 Å². The maximum Gasteiger partial charge on any atom is 0.434 e. The summed E-state index contributed by atoms with van der Waals surface area (Å²) in [7, 11) is 1.32. The van der Waals surface area contributed by atoms with Crippen molar-refractivity contribution in [3.63, 3.8) is 0 Å². The topological polar surface area (TPSA) is 140 Å². The number of methoxy groups -OCH3 is 1. The number of carbonyl (C=O) groups excluding carboxylic acids is 2. The van der Waals surface area contributed by atoms with Crippen LogP contribution in [0.25, 0.3) is 0 Å². The summed E-state index contributed by atoms with van der Waals surface area (Å²) in [4.78, 5) is 43.4. The van der Waals surface area contributed by atoms with Crippen molar-refractivity contribution in [2.45, 2.75) is 19.4 Å². The number of rotatable bonds is 3. The molecule has 1 aromatic heterocycles. The van der Waals surface area contributed by atoms with Crippen LogP contribution >= 0.6 is 0 Å². The second kappa shape index (κ2) is 6.52. The van der Waals surface area contributed by atoms with Crippen LogP contribution in [0, 0.1) is 5.92 Å². The van der Waals surface area contributed by atoms with Crippen molar-refractivity contribution < 1.29 is 24.3 Å². The number of aromatic hydroxyl groups is 1. The maximum absolute atomic E-state index is 12.0. The Hall–Kier alpha value is -2.49. The Kier molecular flexibility index (Phi) is 4.71. The van der Waals surface area contributed by atoms with Gasteiger partial charge >= 0.3 is 17.8 Å². The second-order valence-corrected chi connectivity index (χ2v) is 4.87. The minimum absolute atomic E-state index is 0.0715. The Morgan fingerprint density at radius 3 is 2.55 bits per heavy atom. The summed E-state index contributed by atoms with van der Waals surface area (Å²) in [6, 6.07) is 0. The van der Waals surface area contributed by atoms with Gasteiger partial charge in [0, 0.05) is 19.6 Å². The van der Waals surface area contributed by atoms with Crippen LogP contribution in [0.1, 0.15) is 18.5 Å². The standard InChI is InChI=1S/C12H18N4O6/c1-21-10(18)7-2-4-15(5-3-7)12(20)22-16-9(17)8(6-13)14-11(16)19/h7,17H,2-6,13H2,1H3,(H,14,19). The first kappa shape index (κ1) is 15.9. The van der Waals surface area contributed by atoms with E-state index < -0.39 is 17.7 Å². The van der Waals surface area contributed by atoms with Gasteiger partial charge in [-0.3, -0.25) is 4.79 Å². The molecule has 1 amide bonds. The minimum atomic E-state index is -0.796. The van der Waals surface area contributed by atoms with Crippen LogP contribution in [0.4, 0.5) is 4.79 Å². The number of amides is 1. The van der Waals surface area contributed by atoms with Crippen LogP contribution in [0.15, 0.2) is 4.79 Å². The molecule has 1 aliphatic heterocycles. The van der Waals surface area contributed by atoms with Crippen LogP contribution in [0.2, 0.25) is 0 Å². The number of aromatic nitrogens is 2. The van der Waals surface area contributed by atoms with E-state index in [-0.39, 0.29) is 24.1 Å². The number of imidazole rings is 1. The van der Waals surface area contributed by atoms with Gasteiger partial charge in [-0.05, 0) is 12.8 Å². The summed E-state index contributed by atoms with van der Waals surface area (Å²) in [6.07, 6.45) is 0.108. The minimum Gasteiger partial charge on any atom is -0.491 e. The van der Waals surface area contributed by atoms with Gasteiger partial charge in [0.25, 0.3) is 5.88 Å². The van der Waals surface area contributed by atoms with Gasteiger partial charge in [0.15, 0.2) is 0 Å². The zero-order valence-electron chi connectivity index (χ0n) is 12.1. The third-order valence-corrected chi connectivity index (χ3v) is 3.57. The van der Waals surface area contributed by atoms with Crippen molar-refractivity contribution in [3.05, 3.63) is 16.2 Å². The third kappa shape index (κ3) is 3.06. The van der Waals surface area contributed by atoms with Crippen molar-refractivity contribution in [1.82, 2.24) is 14.6 Å². The summed E-state index contributed by atoms with van der Waals surface area (Å²) in [6.45, 7) is 0.487. The van der Waals surface area contributed by atoms with Gasteiger partial charge in [-0.2, -0.15) is 0 Å². The molecule has 0 saturated carbocycles. The molecular weight excluding hydrogens is 296 g/mol. The molecule has 0 radical (unpaired) electrons. The van der Waals surface area contributed by atoms with Crippen molar-refractivity contribution >= 4 is 12.1 Å². The Labute approximate surface area is 125 Å². The van der Waals surface area contributed by atoms with Crippen molar-refractivity contribution in [2.75, 3.05) is 20.2 Å². The highest BCUT2D eigenvalue weighted by Crippen LogP contribution is 2.19. The summed E-state index contributed by atoms with van der Waals surface area (Å²) >= 11 is 0. The summed E-state index contributed by atoms with van der Waals surface area (Å²) in [5, 5.41) is 9.70. The number of esters is 1. The summed E-state index contributed by atoms with van der Waals surface area (Å²) in [5.41, 5.74) is 4.60. The molecule has 122 valence electrons. The van der Waals surface area contributed by atoms with Crippen molar-refractivity contribution in [2.24, 2.45) is 11.7 Å². The molecule has 1 aromatic rings. The number of ether oxygens (including phenoxy) is 1. The zero-order valence-corrected chi connectivity index (χ0v) is 12.1. The second-order valence-electron chi connectivity index (χ2n) is 4.87. The number of nitrogens with one attached hydrogen (secondary N) is 1. The number of hydrogen-bond acceptors (Lipinski definition) is 7. The van der Waals surface area contributed by atoms with Crippen LogP contribution in [-0.4, -0.2) is 52.0 Å². The highest BCUT2D eigenvalue weighted by molar-refractivity contribution is 5.73. The van der Waals surface area contributed by atoms with Crippen molar-refractivity contribution in [3.8, 4) is 5.88 Å². The fraction of sp³-hybridized carbons (Fsp3) is 0.583. The van der Waals surface area contributed by atoms with E-state index in [1.165, 1.54) is 12.0 Å². The molecule has 0 aromatic carbocycles. The molecule has 2 rings (SSSR count). The normalized spacial score (nSPS) is 15.6.